The number of anilines is 1. The van der Waals surface area contributed by atoms with E-state index in [4.69, 9.17) is 4.74 Å². The van der Waals surface area contributed by atoms with Gasteiger partial charge in [-0.05, 0) is 19.1 Å². The summed E-state index contributed by atoms with van der Waals surface area (Å²) in [4.78, 5) is 21.1. The summed E-state index contributed by atoms with van der Waals surface area (Å²) in [5.41, 5.74) is 0.996. The van der Waals surface area contributed by atoms with Crippen molar-refractivity contribution in [3.8, 4) is 0 Å². The molecule has 1 aromatic rings. The Bertz CT molecular complexity index is 692. The van der Waals surface area contributed by atoms with E-state index in [1.54, 1.807) is 11.8 Å². The van der Waals surface area contributed by atoms with Crippen molar-refractivity contribution in [3.63, 3.8) is 0 Å². The first-order chi connectivity index (χ1) is 13.2. The molecule has 1 fully saturated rings. The SMILES string of the molecule is CSc1nc(C)nc(NCCNC(=O)C2OC(O)C(O)C(O)C2O)c1C(C)C. The van der Waals surface area contributed by atoms with Gasteiger partial charge < -0.3 is 35.8 Å². The average Bonchev–Trinajstić information content (AvgIpc) is 2.65. The number of amides is 1. The molecule has 2 heterocycles. The molecular weight excluding hydrogens is 388 g/mol. The highest BCUT2D eigenvalue weighted by Gasteiger charge is 2.46. The summed E-state index contributed by atoms with van der Waals surface area (Å²) in [7, 11) is 0. The van der Waals surface area contributed by atoms with Crippen molar-refractivity contribution < 1.29 is 30.0 Å². The van der Waals surface area contributed by atoms with Crippen LogP contribution < -0.4 is 10.6 Å². The summed E-state index contributed by atoms with van der Waals surface area (Å²) in [5.74, 6) is 0.844. The lowest BCUT2D eigenvalue weighted by Crippen LogP contribution is -2.61. The molecule has 5 unspecified atom stereocenters. The molecule has 1 saturated heterocycles. The van der Waals surface area contributed by atoms with E-state index in [9.17, 15) is 25.2 Å². The van der Waals surface area contributed by atoms with Crippen LogP contribution in [0.5, 0.6) is 0 Å². The molecule has 0 radical (unpaired) electrons. The van der Waals surface area contributed by atoms with Crippen LogP contribution in [0.4, 0.5) is 5.82 Å². The van der Waals surface area contributed by atoms with Crippen molar-refractivity contribution in [2.45, 2.75) is 62.4 Å². The summed E-state index contributed by atoms with van der Waals surface area (Å²) in [6.45, 7) is 6.45. The number of aliphatic hydroxyl groups excluding tert-OH is 4. The summed E-state index contributed by atoms with van der Waals surface area (Å²) in [5, 5.41) is 45.1. The highest BCUT2D eigenvalue weighted by molar-refractivity contribution is 7.98. The lowest BCUT2D eigenvalue weighted by molar-refractivity contribution is -0.275. The van der Waals surface area contributed by atoms with Gasteiger partial charge in [0.15, 0.2) is 12.4 Å². The number of nitrogens with one attached hydrogen (secondary N) is 2. The molecule has 0 spiro atoms. The number of rotatable bonds is 7. The maximum absolute atomic E-state index is 12.2. The molecule has 0 saturated carbocycles. The highest BCUT2D eigenvalue weighted by atomic mass is 32.2. The van der Waals surface area contributed by atoms with Gasteiger partial charge in [-0.1, -0.05) is 13.8 Å². The molecule has 0 aliphatic carbocycles. The molecule has 2 rings (SSSR count). The standard InChI is InChI=1S/C17H28N4O6S/c1-7(2)9-14(20-8(3)21-16(9)28-4)18-5-6-19-15(25)13-11(23)10(22)12(24)17(26)27-13/h7,10-13,17,22-24,26H,5-6H2,1-4H3,(H,19,25)(H,18,20,21). The first-order valence-corrected chi connectivity index (χ1v) is 10.2. The lowest BCUT2D eigenvalue weighted by atomic mass is 9.98. The van der Waals surface area contributed by atoms with E-state index in [1.165, 1.54) is 0 Å². The number of nitrogens with zero attached hydrogens (tertiary/aromatic N) is 2. The zero-order valence-corrected chi connectivity index (χ0v) is 17.1. The van der Waals surface area contributed by atoms with Gasteiger partial charge in [0.2, 0.25) is 0 Å². The smallest absolute Gasteiger partial charge is 0.252 e. The molecule has 1 aromatic heterocycles. The monoisotopic (exact) mass is 416 g/mol. The third kappa shape index (κ3) is 5.10. The van der Waals surface area contributed by atoms with Gasteiger partial charge in [-0.25, -0.2) is 9.97 Å². The Morgan fingerprint density at radius 2 is 1.82 bits per heavy atom. The van der Waals surface area contributed by atoms with Crippen molar-refractivity contribution >= 4 is 23.5 Å². The van der Waals surface area contributed by atoms with Gasteiger partial charge >= 0.3 is 0 Å². The van der Waals surface area contributed by atoms with E-state index < -0.39 is 36.6 Å². The predicted molar refractivity (Wildman–Crippen MR) is 103 cm³/mol. The number of ether oxygens (including phenoxy) is 1. The van der Waals surface area contributed by atoms with Crippen molar-refractivity contribution in [2.75, 3.05) is 24.7 Å². The zero-order valence-electron chi connectivity index (χ0n) is 16.3. The number of thioether (sulfide) groups is 1. The fraction of sp³-hybridized carbons (Fsp3) is 0.706. The Hall–Kier alpha value is -1.50. The van der Waals surface area contributed by atoms with Gasteiger partial charge in [0.05, 0.1) is 0 Å². The van der Waals surface area contributed by atoms with Gasteiger partial charge in [-0.3, -0.25) is 4.79 Å². The zero-order chi connectivity index (χ0) is 21.0. The second-order valence-corrected chi connectivity index (χ2v) is 7.63. The number of aliphatic hydroxyl groups is 4. The van der Waals surface area contributed by atoms with Crippen LogP contribution in [-0.2, 0) is 9.53 Å². The minimum atomic E-state index is -1.75. The minimum Gasteiger partial charge on any atom is -0.387 e. The molecule has 5 atom stereocenters. The van der Waals surface area contributed by atoms with E-state index in [0.717, 1.165) is 10.6 Å². The van der Waals surface area contributed by atoms with Crippen LogP contribution in [0.15, 0.2) is 5.03 Å². The van der Waals surface area contributed by atoms with Gasteiger partial charge in [0.25, 0.3) is 5.91 Å². The van der Waals surface area contributed by atoms with Crippen LogP contribution >= 0.6 is 11.8 Å². The van der Waals surface area contributed by atoms with Crippen molar-refractivity contribution in [1.29, 1.82) is 0 Å². The van der Waals surface area contributed by atoms with E-state index in [-0.39, 0.29) is 12.5 Å². The van der Waals surface area contributed by atoms with Crippen molar-refractivity contribution in [1.82, 2.24) is 15.3 Å². The molecule has 1 aliphatic heterocycles. The maximum atomic E-state index is 12.2. The second kappa shape index (κ2) is 9.81. The maximum Gasteiger partial charge on any atom is 0.252 e. The minimum absolute atomic E-state index is 0.190. The largest absolute Gasteiger partial charge is 0.387 e. The summed E-state index contributed by atoms with van der Waals surface area (Å²) in [6.07, 6.45) is -6.29. The summed E-state index contributed by atoms with van der Waals surface area (Å²) >= 11 is 1.54. The van der Waals surface area contributed by atoms with Gasteiger partial charge in [-0.2, -0.15) is 0 Å². The van der Waals surface area contributed by atoms with Gasteiger partial charge in [0, 0.05) is 18.7 Å². The molecule has 0 aromatic carbocycles. The third-order valence-electron chi connectivity index (χ3n) is 4.36. The fourth-order valence-electron chi connectivity index (χ4n) is 2.91. The molecule has 158 valence electrons. The van der Waals surface area contributed by atoms with E-state index in [1.807, 2.05) is 27.0 Å². The predicted octanol–water partition coefficient (Wildman–Crippen LogP) is -1.04. The Labute approximate surface area is 167 Å². The van der Waals surface area contributed by atoms with Crippen molar-refractivity contribution in [2.24, 2.45) is 0 Å². The van der Waals surface area contributed by atoms with Crippen LogP contribution in [0.1, 0.15) is 31.2 Å². The van der Waals surface area contributed by atoms with E-state index >= 15 is 0 Å². The van der Waals surface area contributed by atoms with E-state index in [0.29, 0.717) is 18.2 Å². The van der Waals surface area contributed by atoms with Crippen LogP contribution in [0.25, 0.3) is 0 Å². The van der Waals surface area contributed by atoms with Crippen LogP contribution in [0, 0.1) is 6.92 Å². The molecular formula is C17H28N4O6S. The lowest BCUT2D eigenvalue weighted by Gasteiger charge is -2.37. The number of carbonyl (C=O) groups excluding carboxylic acids is 1. The van der Waals surface area contributed by atoms with Gasteiger partial charge in [0.1, 0.15) is 35.0 Å². The average molecular weight is 417 g/mol. The Morgan fingerprint density at radius 1 is 1.14 bits per heavy atom. The quantitative estimate of drug-likeness (QED) is 0.184. The van der Waals surface area contributed by atoms with Gasteiger partial charge in [-0.15, -0.1) is 11.8 Å². The number of hydrogen-bond acceptors (Lipinski definition) is 10. The van der Waals surface area contributed by atoms with E-state index in [2.05, 4.69) is 20.6 Å². The third-order valence-corrected chi connectivity index (χ3v) is 5.05. The molecule has 1 aliphatic rings. The Kier molecular flexibility index (Phi) is 7.98. The number of hydrogen-bond donors (Lipinski definition) is 6. The van der Waals surface area contributed by atoms with Crippen LogP contribution in [0.2, 0.25) is 0 Å². The van der Waals surface area contributed by atoms with Crippen LogP contribution in [-0.4, -0.2) is 86.4 Å². The highest BCUT2D eigenvalue weighted by Crippen LogP contribution is 2.30. The Balaban J connectivity index is 1.94. The summed E-state index contributed by atoms with van der Waals surface area (Å²) in [6, 6.07) is 0. The molecule has 10 nitrogen and oxygen atoms in total. The topological polar surface area (TPSA) is 157 Å². The number of carbonyl (C=O) groups is 1. The first kappa shape index (κ1) is 22.8. The van der Waals surface area contributed by atoms with Crippen LogP contribution in [0.3, 0.4) is 0 Å². The molecule has 11 heteroatoms. The van der Waals surface area contributed by atoms with Crippen molar-refractivity contribution in [3.05, 3.63) is 11.4 Å². The first-order valence-electron chi connectivity index (χ1n) is 8.99. The number of aromatic nitrogens is 2. The number of aryl methyl sites for hydroxylation is 1. The second-order valence-electron chi connectivity index (χ2n) is 6.83. The normalized spacial score (nSPS) is 27.7. The molecule has 0 bridgehead atoms. The molecule has 1 amide bonds. The molecule has 28 heavy (non-hydrogen) atoms. The Morgan fingerprint density at radius 3 is 2.43 bits per heavy atom. The molecule has 6 N–H and O–H groups in total. The summed E-state index contributed by atoms with van der Waals surface area (Å²) < 4.78 is 4.89. The fourth-order valence-corrected chi connectivity index (χ4v) is 3.69.